The van der Waals surface area contributed by atoms with Gasteiger partial charge in [0, 0.05) is 30.0 Å². The summed E-state index contributed by atoms with van der Waals surface area (Å²) < 4.78 is 5.26. The summed E-state index contributed by atoms with van der Waals surface area (Å²) in [5.74, 6) is -1.39. The lowest BCUT2D eigenvalue weighted by Crippen LogP contribution is -2.59. The maximum absolute atomic E-state index is 13.6. The SMILES string of the molecule is C/C=C1/C(=O)C=C2CN(C(=O)c3ccccc3)C(Cc3ccccc3)(C(=O)OC)C21. The Morgan fingerprint density at radius 1 is 1.10 bits per heavy atom. The van der Waals surface area contributed by atoms with Gasteiger partial charge in [0.25, 0.3) is 5.91 Å². The van der Waals surface area contributed by atoms with E-state index in [1.165, 1.54) is 7.11 Å². The molecular formula is C25H23NO4. The molecule has 1 aliphatic carbocycles. The normalized spacial score (nSPS) is 24.0. The number of ketones is 1. The molecule has 0 aromatic heterocycles. The largest absolute Gasteiger partial charge is 0.467 e. The molecule has 0 bridgehead atoms. The molecule has 2 unspecified atom stereocenters. The zero-order valence-electron chi connectivity index (χ0n) is 17.0. The van der Waals surface area contributed by atoms with Crippen molar-refractivity contribution in [3.8, 4) is 0 Å². The smallest absolute Gasteiger partial charge is 0.333 e. The van der Waals surface area contributed by atoms with Gasteiger partial charge in [-0.2, -0.15) is 0 Å². The summed E-state index contributed by atoms with van der Waals surface area (Å²) in [5, 5.41) is 0. The molecule has 0 spiro atoms. The Labute approximate surface area is 175 Å². The van der Waals surface area contributed by atoms with E-state index in [1.807, 2.05) is 36.4 Å². The van der Waals surface area contributed by atoms with E-state index in [0.717, 1.165) is 11.1 Å². The van der Waals surface area contributed by atoms with E-state index in [2.05, 4.69) is 0 Å². The number of esters is 1. The van der Waals surface area contributed by atoms with Gasteiger partial charge in [-0.05, 0) is 36.3 Å². The van der Waals surface area contributed by atoms with E-state index in [0.29, 0.717) is 11.1 Å². The van der Waals surface area contributed by atoms with Gasteiger partial charge in [-0.25, -0.2) is 4.79 Å². The average Bonchev–Trinajstić information content (AvgIpc) is 3.27. The minimum Gasteiger partial charge on any atom is -0.467 e. The number of fused-ring (bicyclic) bond motifs is 1. The molecule has 0 N–H and O–H groups in total. The van der Waals surface area contributed by atoms with Crippen molar-refractivity contribution < 1.29 is 19.1 Å². The molecular weight excluding hydrogens is 378 g/mol. The fourth-order valence-corrected chi connectivity index (χ4v) is 4.74. The number of methoxy groups -OCH3 is 1. The number of amides is 1. The molecule has 0 saturated carbocycles. The molecule has 5 nitrogen and oxygen atoms in total. The van der Waals surface area contributed by atoms with Crippen molar-refractivity contribution >= 4 is 17.7 Å². The van der Waals surface area contributed by atoms with Gasteiger partial charge in [0.2, 0.25) is 0 Å². The molecule has 0 radical (unpaired) electrons. The highest BCUT2D eigenvalue weighted by atomic mass is 16.5. The Morgan fingerprint density at radius 2 is 1.73 bits per heavy atom. The van der Waals surface area contributed by atoms with Crippen molar-refractivity contribution in [1.82, 2.24) is 4.90 Å². The van der Waals surface area contributed by atoms with E-state index >= 15 is 0 Å². The highest BCUT2D eigenvalue weighted by Crippen LogP contribution is 2.49. The first-order valence-corrected chi connectivity index (χ1v) is 9.93. The van der Waals surface area contributed by atoms with Gasteiger partial charge in [-0.15, -0.1) is 0 Å². The van der Waals surface area contributed by atoms with E-state index < -0.39 is 17.4 Å². The zero-order valence-corrected chi connectivity index (χ0v) is 17.0. The van der Waals surface area contributed by atoms with Crippen LogP contribution in [0.5, 0.6) is 0 Å². The highest BCUT2D eigenvalue weighted by Gasteiger charge is 2.62. The Morgan fingerprint density at radius 3 is 2.33 bits per heavy atom. The van der Waals surface area contributed by atoms with Crippen molar-refractivity contribution in [3.63, 3.8) is 0 Å². The first kappa shape index (κ1) is 19.8. The molecule has 2 aromatic rings. The first-order valence-electron chi connectivity index (χ1n) is 9.93. The van der Waals surface area contributed by atoms with Crippen LogP contribution in [0.3, 0.4) is 0 Å². The Bertz CT molecular complexity index is 1060. The lowest BCUT2D eigenvalue weighted by molar-refractivity contribution is -0.153. The molecule has 1 heterocycles. The monoisotopic (exact) mass is 401 g/mol. The fraction of sp³-hybridized carbons (Fsp3) is 0.240. The van der Waals surface area contributed by atoms with Crippen molar-refractivity contribution in [3.05, 3.63) is 95.1 Å². The standard InChI is InChI=1S/C25H23NO4/c1-3-20-21(27)14-19-16-26(23(28)18-12-8-5-9-13-18)25(22(19)20,24(29)30-2)15-17-10-6-4-7-11-17/h3-14,22H,15-16H2,1-2H3/b20-3-. The van der Waals surface area contributed by atoms with Crippen molar-refractivity contribution in [2.24, 2.45) is 5.92 Å². The van der Waals surface area contributed by atoms with Crippen LogP contribution >= 0.6 is 0 Å². The minimum atomic E-state index is -1.33. The van der Waals surface area contributed by atoms with Crippen molar-refractivity contribution in [2.45, 2.75) is 18.9 Å². The maximum atomic E-state index is 13.6. The number of benzene rings is 2. The number of rotatable bonds is 4. The summed E-state index contributed by atoms with van der Waals surface area (Å²) in [5.41, 5.74) is 1.37. The van der Waals surface area contributed by atoms with Gasteiger partial charge in [0.15, 0.2) is 11.3 Å². The van der Waals surface area contributed by atoms with Gasteiger partial charge in [-0.1, -0.05) is 54.6 Å². The number of hydrogen-bond acceptors (Lipinski definition) is 4. The zero-order chi connectivity index (χ0) is 21.3. The highest BCUT2D eigenvalue weighted by molar-refractivity contribution is 6.11. The number of carbonyl (C=O) groups is 3. The molecule has 5 heteroatoms. The van der Waals surface area contributed by atoms with E-state index in [1.54, 1.807) is 48.2 Å². The Balaban J connectivity index is 1.91. The lowest BCUT2D eigenvalue weighted by Gasteiger charge is -2.39. The number of allylic oxidation sites excluding steroid dienone is 2. The maximum Gasteiger partial charge on any atom is 0.333 e. The summed E-state index contributed by atoms with van der Waals surface area (Å²) >= 11 is 0. The number of hydrogen-bond donors (Lipinski definition) is 0. The predicted octanol–water partition coefficient (Wildman–Crippen LogP) is 3.37. The van der Waals surface area contributed by atoms with Crippen LogP contribution in [-0.4, -0.2) is 41.8 Å². The minimum absolute atomic E-state index is 0.106. The Kier molecular flexibility index (Phi) is 5.12. The number of nitrogens with zero attached hydrogens (tertiary/aromatic N) is 1. The van der Waals surface area contributed by atoms with Crippen LogP contribution in [0.4, 0.5) is 0 Å². The number of likely N-dealkylation sites (tertiary alicyclic amines) is 1. The van der Waals surface area contributed by atoms with Crippen LogP contribution in [0.2, 0.25) is 0 Å². The van der Waals surface area contributed by atoms with Crippen LogP contribution in [0, 0.1) is 5.92 Å². The fourth-order valence-electron chi connectivity index (χ4n) is 4.74. The van der Waals surface area contributed by atoms with Gasteiger partial charge in [-0.3, -0.25) is 9.59 Å². The van der Waals surface area contributed by atoms with Crippen LogP contribution in [0.1, 0.15) is 22.8 Å². The van der Waals surface area contributed by atoms with Crippen molar-refractivity contribution in [2.75, 3.05) is 13.7 Å². The number of ether oxygens (including phenoxy) is 1. The van der Waals surface area contributed by atoms with Crippen LogP contribution in [0.15, 0.2) is 84.0 Å². The molecule has 1 fully saturated rings. The average molecular weight is 401 g/mol. The second-order valence-electron chi connectivity index (χ2n) is 7.60. The Hall–Kier alpha value is -3.47. The van der Waals surface area contributed by atoms with E-state index in [4.69, 9.17) is 4.74 Å². The van der Waals surface area contributed by atoms with Gasteiger partial charge < -0.3 is 9.64 Å². The van der Waals surface area contributed by atoms with Gasteiger partial charge in [0.1, 0.15) is 0 Å². The molecule has 2 atom stereocenters. The molecule has 2 aromatic carbocycles. The second-order valence-corrected chi connectivity index (χ2v) is 7.60. The summed E-state index contributed by atoms with van der Waals surface area (Å²) in [7, 11) is 1.33. The molecule has 2 aliphatic rings. The topological polar surface area (TPSA) is 63.7 Å². The number of carbonyl (C=O) groups excluding carboxylic acids is 3. The van der Waals surface area contributed by atoms with Gasteiger partial charge >= 0.3 is 5.97 Å². The second kappa shape index (κ2) is 7.75. The summed E-state index contributed by atoms with van der Waals surface area (Å²) in [6.45, 7) is 2.00. The third kappa shape index (κ3) is 2.98. The lowest BCUT2D eigenvalue weighted by atomic mass is 9.75. The molecule has 1 amide bonds. The summed E-state index contributed by atoms with van der Waals surface area (Å²) in [4.78, 5) is 41.2. The quantitative estimate of drug-likeness (QED) is 0.582. The summed E-state index contributed by atoms with van der Waals surface area (Å²) in [6, 6.07) is 18.4. The molecule has 1 saturated heterocycles. The van der Waals surface area contributed by atoms with E-state index in [9.17, 15) is 14.4 Å². The third-order valence-corrected chi connectivity index (χ3v) is 6.01. The predicted molar refractivity (Wildman–Crippen MR) is 113 cm³/mol. The van der Waals surface area contributed by atoms with Crippen LogP contribution < -0.4 is 0 Å². The molecule has 4 rings (SSSR count). The summed E-state index contributed by atoms with van der Waals surface area (Å²) in [6.07, 6.45) is 3.57. The van der Waals surface area contributed by atoms with Crippen LogP contribution in [0.25, 0.3) is 0 Å². The van der Waals surface area contributed by atoms with Gasteiger partial charge in [0.05, 0.1) is 7.11 Å². The molecule has 1 aliphatic heterocycles. The van der Waals surface area contributed by atoms with Crippen LogP contribution in [-0.2, 0) is 20.7 Å². The molecule has 152 valence electrons. The van der Waals surface area contributed by atoms with E-state index in [-0.39, 0.29) is 24.7 Å². The van der Waals surface area contributed by atoms with Crippen molar-refractivity contribution in [1.29, 1.82) is 0 Å². The molecule has 30 heavy (non-hydrogen) atoms. The first-order chi connectivity index (χ1) is 14.5. The third-order valence-electron chi connectivity index (χ3n) is 6.01.